The molecule has 0 spiro atoms. The van der Waals surface area contributed by atoms with Crippen LogP contribution in [0.1, 0.15) is 14.3 Å². The first-order chi connectivity index (χ1) is 3.63. The average molecular weight is 142 g/mol. The third kappa shape index (κ3) is 11.5. The van der Waals surface area contributed by atoms with Crippen LogP contribution in [0.2, 0.25) is 0 Å². The van der Waals surface area contributed by atoms with Crippen molar-refractivity contribution in [3.05, 3.63) is 0 Å². The van der Waals surface area contributed by atoms with E-state index >= 15 is 0 Å². The van der Waals surface area contributed by atoms with Gasteiger partial charge in [-0.2, -0.15) is 0 Å². The zero-order valence-corrected chi connectivity index (χ0v) is 7.13. The van der Waals surface area contributed by atoms with E-state index in [-0.39, 0.29) is 43.8 Å². The molecule has 0 atom stereocenters. The summed E-state index contributed by atoms with van der Waals surface area (Å²) in [6.45, 7) is 0. The summed E-state index contributed by atoms with van der Waals surface area (Å²) in [4.78, 5) is 19.3. The van der Waals surface area contributed by atoms with Crippen LogP contribution in [0.4, 0.5) is 0 Å². The van der Waals surface area contributed by atoms with E-state index in [0.717, 1.165) is 0 Å². The van der Waals surface area contributed by atoms with Crippen LogP contribution in [0.25, 0.3) is 0 Å². The largest absolute Gasteiger partial charge is 1.00 e. The second-order valence-electron chi connectivity index (χ2n) is 1.29. The number of carboxylic acid groups (broad SMARTS) is 2. The zero-order valence-electron chi connectivity index (χ0n) is 6.13. The van der Waals surface area contributed by atoms with Gasteiger partial charge in [0.15, 0.2) is 0 Å². The van der Waals surface area contributed by atoms with Gasteiger partial charge in [0.2, 0.25) is 0 Å². The molecule has 0 unspecified atom stereocenters. The molecule has 5 heteroatoms. The molecule has 0 radical (unpaired) electrons. The Morgan fingerprint density at radius 3 is 1.44 bits per heavy atom. The molecule has 48 valence electrons. The summed E-state index contributed by atoms with van der Waals surface area (Å²) in [7, 11) is 0. The standard InChI is InChI=1S/C4H6O4.Na.H/c5-3(6)1-2-4(7)8;;/h1-2H2,(H,5,6)(H,7,8);;/q;+1;-1. The molecular formula is C4H7NaO4. The molecule has 0 saturated carbocycles. The Morgan fingerprint density at radius 2 is 1.33 bits per heavy atom. The van der Waals surface area contributed by atoms with Crippen molar-refractivity contribution in [1.82, 2.24) is 0 Å². The second-order valence-corrected chi connectivity index (χ2v) is 1.29. The second kappa shape index (κ2) is 6.07. The maximum Gasteiger partial charge on any atom is 1.00 e. The van der Waals surface area contributed by atoms with Gasteiger partial charge in [-0.15, -0.1) is 0 Å². The Hall–Kier alpha value is -0.0600. The molecule has 0 rings (SSSR count). The summed E-state index contributed by atoms with van der Waals surface area (Å²) in [5.41, 5.74) is 0. The molecular weight excluding hydrogens is 135 g/mol. The fourth-order valence-corrected chi connectivity index (χ4v) is 0.214. The first-order valence-corrected chi connectivity index (χ1v) is 2.06. The molecule has 0 heterocycles. The van der Waals surface area contributed by atoms with E-state index in [1.807, 2.05) is 0 Å². The van der Waals surface area contributed by atoms with Crippen molar-refractivity contribution < 1.29 is 50.8 Å². The minimum atomic E-state index is -1.08. The van der Waals surface area contributed by atoms with Gasteiger partial charge in [0.05, 0.1) is 12.8 Å². The third-order valence-corrected chi connectivity index (χ3v) is 0.553. The minimum absolute atomic E-state index is 0. The van der Waals surface area contributed by atoms with Crippen LogP contribution < -0.4 is 29.6 Å². The Kier molecular flexibility index (Phi) is 7.89. The van der Waals surface area contributed by atoms with Crippen molar-refractivity contribution in [1.29, 1.82) is 0 Å². The minimum Gasteiger partial charge on any atom is -1.00 e. The van der Waals surface area contributed by atoms with E-state index in [4.69, 9.17) is 10.2 Å². The molecule has 0 bridgehead atoms. The van der Waals surface area contributed by atoms with Crippen LogP contribution in [-0.4, -0.2) is 22.2 Å². The molecule has 2 N–H and O–H groups in total. The number of rotatable bonds is 3. The van der Waals surface area contributed by atoms with Gasteiger partial charge in [-0.05, 0) is 0 Å². The van der Waals surface area contributed by atoms with Crippen molar-refractivity contribution in [2.75, 3.05) is 0 Å². The van der Waals surface area contributed by atoms with Gasteiger partial charge in [-0.3, -0.25) is 9.59 Å². The number of carbonyl (C=O) groups is 2. The predicted molar refractivity (Wildman–Crippen MR) is 25.6 cm³/mol. The Morgan fingerprint density at radius 1 is 1.11 bits per heavy atom. The van der Waals surface area contributed by atoms with E-state index in [1.54, 1.807) is 0 Å². The van der Waals surface area contributed by atoms with Gasteiger partial charge >= 0.3 is 41.5 Å². The number of hydrogen-bond donors (Lipinski definition) is 2. The Labute approximate surface area is 75.6 Å². The summed E-state index contributed by atoms with van der Waals surface area (Å²) in [5.74, 6) is -2.15. The van der Waals surface area contributed by atoms with Gasteiger partial charge in [0, 0.05) is 0 Å². The molecule has 0 aromatic rings. The summed E-state index contributed by atoms with van der Waals surface area (Å²) in [6, 6.07) is 0. The summed E-state index contributed by atoms with van der Waals surface area (Å²) >= 11 is 0. The smallest absolute Gasteiger partial charge is 1.00 e. The van der Waals surface area contributed by atoms with Gasteiger partial charge in [-0.1, -0.05) is 0 Å². The van der Waals surface area contributed by atoms with Gasteiger partial charge in [0.25, 0.3) is 0 Å². The molecule has 0 aromatic carbocycles. The molecule has 0 fully saturated rings. The van der Waals surface area contributed by atoms with E-state index in [2.05, 4.69) is 0 Å². The van der Waals surface area contributed by atoms with E-state index in [9.17, 15) is 9.59 Å². The molecule has 0 aliphatic carbocycles. The van der Waals surface area contributed by atoms with Crippen LogP contribution in [0.15, 0.2) is 0 Å². The van der Waals surface area contributed by atoms with Crippen molar-refractivity contribution in [3.8, 4) is 0 Å². The zero-order chi connectivity index (χ0) is 6.57. The van der Waals surface area contributed by atoms with E-state index < -0.39 is 11.9 Å². The summed E-state index contributed by atoms with van der Waals surface area (Å²) in [5, 5.41) is 15.8. The molecule has 0 saturated heterocycles. The van der Waals surface area contributed by atoms with Crippen molar-refractivity contribution in [2.45, 2.75) is 12.8 Å². The van der Waals surface area contributed by atoms with Crippen LogP contribution in [0.3, 0.4) is 0 Å². The Balaban J connectivity index is -0.000000245. The molecule has 0 aliphatic heterocycles. The number of hydrogen-bond acceptors (Lipinski definition) is 2. The first-order valence-electron chi connectivity index (χ1n) is 2.06. The van der Waals surface area contributed by atoms with Gasteiger partial charge < -0.3 is 11.6 Å². The van der Waals surface area contributed by atoms with Crippen molar-refractivity contribution >= 4 is 11.9 Å². The Bertz CT molecular complexity index is 102. The van der Waals surface area contributed by atoms with Crippen molar-refractivity contribution in [2.24, 2.45) is 0 Å². The third-order valence-electron chi connectivity index (χ3n) is 0.553. The number of aliphatic carboxylic acids is 2. The summed E-state index contributed by atoms with van der Waals surface area (Å²) in [6.07, 6.45) is -0.593. The molecule has 9 heavy (non-hydrogen) atoms. The van der Waals surface area contributed by atoms with E-state index in [0.29, 0.717) is 0 Å². The molecule has 4 nitrogen and oxygen atoms in total. The maximum atomic E-state index is 9.64. The fraction of sp³-hybridized carbons (Fsp3) is 0.500. The monoisotopic (exact) mass is 142 g/mol. The quantitative estimate of drug-likeness (QED) is 0.413. The predicted octanol–water partition coefficient (Wildman–Crippen LogP) is -2.95. The van der Waals surface area contributed by atoms with Gasteiger partial charge in [0.1, 0.15) is 0 Å². The van der Waals surface area contributed by atoms with E-state index in [1.165, 1.54) is 0 Å². The molecule has 0 aliphatic rings. The van der Waals surface area contributed by atoms with Crippen LogP contribution >= 0.6 is 0 Å². The van der Waals surface area contributed by atoms with Gasteiger partial charge in [-0.25, -0.2) is 0 Å². The normalized spacial score (nSPS) is 7.56. The van der Waals surface area contributed by atoms with Crippen LogP contribution in [0.5, 0.6) is 0 Å². The SMILES string of the molecule is O=C(O)CCC(=O)O.[H-].[Na+]. The average Bonchev–Trinajstić information content (AvgIpc) is 1.61. The van der Waals surface area contributed by atoms with Crippen LogP contribution in [-0.2, 0) is 9.59 Å². The fourth-order valence-electron chi connectivity index (χ4n) is 0.214. The van der Waals surface area contributed by atoms with Crippen LogP contribution in [0, 0.1) is 0 Å². The van der Waals surface area contributed by atoms with Crippen molar-refractivity contribution in [3.63, 3.8) is 0 Å². The topological polar surface area (TPSA) is 74.6 Å². The number of carboxylic acids is 2. The maximum absolute atomic E-state index is 9.64. The molecule has 0 amide bonds. The molecule has 0 aromatic heterocycles. The first kappa shape index (κ1) is 11.7. The summed E-state index contributed by atoms with van der Waals surface area (Å²) < 4.78 is 0.